The number of carbonyl (C=O) groups excluding carboxylic acids is 1. The molecular weight excluding hydrogens is 345 g/mol. The maximum atomic E-state index is 14.7. The van der Waals surface area contributed by atoms with Gasteiger partial charge in [0.15, 0.2) is 0 Å². The zero-order chi connectivity index (χ0) is 19.6. The quantitative estimate of drug-likeness (QED) is 0.496. The lowest BCUT2D eigenvalue weighted by atomic mass is 9.81. The highest BCUT2D eigenvalue weighted by molar-refractivity contribution is 5.93. The number of nitrogens with zero attached hydrogens (tertiary/aromatic N) is 2. The Bertz CT molecular complexity index is 898. The van der Waals surface area contributed by atoms with Crippen molar-refractivity contribution in [3.8, 4) is 6.07 Å². The monoisotopic (exact) mass is 361 g/mol. The second-order valence-corrected chi connectivity index (χ2v) is 5.55. The average molecular weight is 361 g/mol. The molecule has 9 heteroatoms. The summed E-state index contributed by atoms with van der Waals surface area (Å²) >= 11 is 0. The second-order valence-electron chi connectivity index (χ2n) is 5.55. The normalized spacial score (nSPS) is 16.8. The summed E-state index contributed by atoms with van der Waals surface area (Å²) in [5.41, 5.74) is 4.51. The number of hydrogen-bond acceptors (Lipinski definition) is 7. The van der Waals surface area contributed by atoms with E-state index in [4.69, 9.17) is 15.2 Å². The fraction of sp³-hybridized carbons (Fsp3) is 0.294. The molecule has 0 saturated carbocycles. The van der Waals surface area contributed by atoms with Crippen molar-refractivity contribution in [1.29, 1.82) is 5.26 Å². The number of aryl methyl sites for hydroxylation is 1. The van der Waals surface area contributed by atoms with Crippen LogP contribution < -0.4 is 5.73 Å². The topological polar surface area (TPSA) is 128 Å². The standard InChI is InChI=1S/C17H16FN3O5/c1-4-25-17(22)13-9(3)26-16(20)10(7-19)14(13)15-11(18)5-8(2)6-12(15)21(23)24/h5-6,14H,4,20H2,1-3H3. The van der Waals surface area contributed by atoms with E-state index in [1.807, 2.05) is 0 Å². The van der Waals surface area contributed by atoms with Gasteiger partial charge in [-0.05, 0) is 32.4 Å². The van der Waals surface area contributed by atoms with Crippen molar-refractivity contribution in [2.24, 2.45) is 5.73 Å². The van der Waals surface area contributed by atoms with Gasteiger partial charge in [-0.2, -0.15) is 5.26 Å². The first-order valence-corrected chi connectivity index (χ1v) is 7.62. The molecule has 1 unspecified atom stereocenters. The number of rotatable bonds is 4. The molecule has 0 fully saturated rings. The third-order valence-corrected chi connectivity index (χ3v) is 3.84. The minimum absolute atomic E-state index is 0.0146. The smallest absolute Gasteiger partial charge is 0.338 e. The van der Waals surface area contributed by atoms with Crippen LogP contribution in [-0.2, 0) is 14.3 Å². The van der Waals surface area contributed by atoms with Gasteiger partial charge in [0.1, 0.15) is 23.2 Å². The van der Waals surface area contributed by atoms with Gasteiger partial charge in [-0.1, -0.05) is 0 Å². The molecule has 0 bridgehead atoms. The number of benzene rings is 1. The van der Waals surface area contributed by atoms with Crippen LogP contribution in [0.5, 0.6) is 0 Å². The molecule has 26 heavy (non-hydrogen) atoms. The predicted molar refractivity (Wildman–Crippen MR) is 87.8 cm³/mol. The fourth-order valence-corrected chi connectivity index (χ4v) is 2.82. The van der Waals surface area contributed by atoms with E-state index in [1.165, 1.54) is 13.8 Å². The zero-order valence-electron chi connectivity index (χ0n) is 14.3. The minimum atomic E-state index is -1.41. The third-order valence-electron chi connectivity index (χ3n) is 3.84. The molecule has 1 aliphatic rings. The molecule has 136 valence electrons. The van der Waals surface area contributed by atoms with Crippen LogP contribution in [0, 0.1) is 34.2 Å². The van der Waals surface area contributed by atoms with Gasteiger partial charge in [-0.3, -0.25) is 10.1 Å². The van der Waals surface area contributed by atoms with Crippen molar-refractivity contribution in [2.75, 3.05) is 6.61 Å². The van der Waals surface area contributed by atoms with E-state index in [9.17, 15) is 24.6 Å². The van der Waals surface area contributed by atoms with Crippen molar-refractivity contribution in [3.05, 3.63) is 62.0 Å². The molecule has 0 radical (unpaired) electrons. The SMILES string of the molecule is CCOC(=O)C1=C(C)OC(N)=C(C#N)C1c1c(F)cc(C)cc1[N+](=O)[O-]. The minimum Gasteiger partial charge on any atom is -0.463 e. The molecule has 0 amide bonds. The van der Waals surface area contributed by atoms with Gasteiger partial charge >= 0.3 is 5.97 Å². The van der Waals surface area contributed by atoms with Crippen molar-refractivity contribution >= 4 is 11.7 Å². The van der Waals surface area contributed by atoms with Gasteiger partial charge in [0.05, 0.1) is 28.6 Å². The Morgan fingerprint density at radius 2 is 2.15 bits per heavy atom. The Labute approximate surface area is 148 Å². The highest BCUT2D eigenvalue weighted by atomic mass is 19.1. The number of nitrogens with two attached hydrogens (primary N) is 1. The van der Waals surface area contributed by atoms with Crippen LogP contribution >= 0.6 is 0 Å². The first kappa shape index (κ1) is 18.9. The molecular formula is C17H16FN3O5. The zero-order valence-corrected chi connectivity index (χ0v) is 14.3. The Balaban J connectivity index is 2.85. The highest BCUT2D eigenvalue weighted by Gasteiger charge is 2.41. The van der Waals surface area contributed by atoms with Crippen LogP contribution in [0.4, 0.5) is 10.1 Å². The van der Waals surface area contributed by atoms with E-state index in [2.05, 4.69) is 0 Å². The highest BCUT2D eigenvalue weighted by Crippen LogP contribution is 2.44. The third kappa shape index (κ3) is 3.21. The summed E-state index contributed by atoms with van der Waals surface area (Å²) < 4.78 is 24.9. The van der Waals surface area contributed by atoms with Crippen molar-refractivity contribution in [2.45, 2.75) is 26.7 Å². The molecule has 2 rings (SSSR count). The van der Waals surface area contributed by atoms with Gasteiger partial charge in [0.25, 0.3) is 5.69 Å². The molecule has 0 saturated heterocycles. The van der Waals surface area contributed by atoms with E-state index in [1.54, 1.807) is 13.0 Å². The second kappa shape index (κ2) is 7.23. The molecule has 0 spiro atoms. The number of nitriles is 1. The molecule has 1 aliphatic heterocycles. The lowest BCUT2D eigenvalue weighted by Gasteiger charge is -2.26. The summed E-state index contributed by atoms with van der Waals surface area (Å²) in [5.74, 6) is -3.58. The summed E-state index contributed by atoms with van der Waals surface area (Å²) in [6.07, 6.45) is 0. The van der Waals surface area contributed by atoms with Crippen molar-refractivity contribution in [1.82, 2.24) is 0 Å². The number of allylic oxidation sites excluding steroid dienone is 2. The van der Waals surface area contributed by atoms with Crippen LogP contribution in [0.25, 0.3) is 0 Å². The van der Waals surface area contributed by atoms with E-state index in [0.29, 0.717) is 5.56 Å². The van der Waals surface area contributed by atoms with Crippen molar-refractivity contribution in [3.63, 3.8) is 0 Å². The number of nitro groups is 1. The lowest BCUT2D eigenvalue weighted by Crippen LogP contribution is -2.26. The lowest BCUT2D eigenvalue weighted by molar-refractivity contribution is -0.385. The maximum Gasteiger partial charge on any atom is 0.338 e. The Hall–Kier alpha value is -3.41. The maximum absolute atomic E-state index is 14.7. The van der Waals surface area contributed by atoms with Gasteiger partial charge < -0.3 is 15.2 Å². The van der Waals surface area contributed by atoms with Gasteiger partial charge in [-0.15, -0.1) is 0 Å². The van der Waals surface area contributed by atoms with Crippen LogP contribution in [-0.4, -0.2) is 17.5 Å². The number of hydrogen-bond donors (Lipinski definition) is 1. The average Bonchev–Trinajstić information content (AvgIpc) is 2.53. The number of carbonyl (C=O) groups is 1. The number of esters is 1. The Kier molecular flexibility index (Phi) is 5.26. The summed E-state index contributed by atoms with van der Waals surface area (Å²) in [6, 6.07) is 4.00. The summed E-state index contributed by atoms with van der Waals surface area (Å²) in [4.78, 5) is 23.1. The number of halogens is 1. The molecule has 1 atom stereocenters. The molecule has 1 aromatic carbocycles. The summed E-state index contributed by atoms with van der Waals surface area (Å²) in [5, 5.41) is 20.9. The van der Waals surface area contributed by atoms with E-state index in [0.717, 1.165) is 12.1 Å². The largest absolute Gasteiger partial charge is 0.463 e. The van der Waals surface area contributed by atoms with Crippen LogP contribution in [0.3, 0.4) is 0 Å². The van der Waals surface area contributed by atoms with Gasteiger partial charge in [0, 0.05) is 6.07 Å². The molecule has 0 aromatic heterocycles. The Morgan fingerprint density at radius 3 is 2.69 bits per heavy atom. The van der Waals surface area contributed by atoms with Crippen molar-refractivity contribution < 1.29 is 23.6 Å². The molecule has 0 aliphatic carbocycles. The van der Waals surface area contributed by atoms with Gasteiger partial charge in [0.2, 0.25) is 5.88 Å². The van der Waals surface area contributed by atoms with Crippen LogP contribution in [0.1, 0.15) is 30.9 Å². The number of ether oxygens (including phenoxy) is 2. The summed E-state index contributed by atoms with van der Waals surface area (Å²) in [6.45, 7) is 4.46. The van der Waals surface area contributed by atoms with E-state index in [-0.39, 0.29) is 29.4 Å². The van der Waals surface area contributed by atoms with Gasteiger partial charge in [-0.25, -0.2) is 9.18 Å². The van der Waals surface area contributed by atoms with Crippen LogP contribution in [0.2, 0.25) is 0 Å². The molecule has 1 aromatic rings. The van der Waals surface area contributed by atoms with E-state index >= 15 is 0 Å². The first-order chi connectivity index (χ1) is 12.2. The molecule has 8 nitrogen and oxygen atoms in total. The van der Waals surface area contributed by atoms with Crippen LogP contribution in [0.15, 0.2) is 34.9 Å². The Morgan fingerprint density at radius 1 is 1.50 bits per heavy atom. The predicted octanol–water partition coefficient (Wildman–Crippen LogP) is 2.69. The summed E-state index contributed by atoms with van der Waals surface area (Å²) in [7, 11) is 0. The first-order valence-electron chi connectivity index (χ1n) is 7.62. The molecule has 2 N–H and O–H groups in total. The molecule has 1 heterocycles. The van der Waals surface area contributed by atoms with E-state index < -0.39 is 33.9 Å². The fourth-order valence-electron chi connectivity index (χ4n) is 2.82. The number of nitro benzene ring substituents is 1.